The van der Waals surface area contributed by atoms with Gasteiger partial charge in [-0.25, -0.2) is 0 Å². The molecule has 2 heteroatoms. The molecule has 2 atom stereocenters. The first-order valence-corrected chi connectivity index (χ1v) is 6.17. The highest BCUT2D eigenvalue weighted by Crippen LogP contribution is 2.24. The average Bonchev–Trinajstić information content (AvgIpc) is 2.58. The van der Waals surface area contributed by atoms with Crippen molar-refractivity contribution in [2.24, 2.45) is 5.92 Å². The lowest BCUT2D eigenvalue weighted by molar-refractivity contribution is 0.282. The number of rotatable bonds is 7. The Bertz CT molecular complexity index is 138. The van der Waals surface area contributed by atoms with Gasteiger partial charge in [-0.1, -0.05) is 19.8 Å². The van der Waals surface area contributed by atoms with E-state index in [-0.39, 0.29) is 0 Å². The second-order valence-electron chi connectivity index (χ2n) is 4.71. The van der Waals surface area contributed by atoms with Crippen LogP contribution >= 0.6 is 0 Å². The molecule has 0 aliphatic heterocycles. The van der Waals surface area contributed by atoms with E-state index < -0.39 is 0 Å². The molecule has 1 aliphatic carbocycles. The molecule has 0 spiro atoms. The minimum absolute atomic E-state index is 0.355. The van der Waals surface area contributed by atoms with Gasteiger partial charge < -0.3 is 10.4 Å². The Kier molecular flexibility index (Phi) is 6.20. The zero-order valence-electron chi connectivity index (χ0n) is 9.47. The van der Waals surface area contributed by atoms with Crippen LogP contribution in [0.3, 0.4) is 0 Å². The second-order valence-corrected chi connectivity index (χ2v) is 4.71. The Balaban J connectivity index is 1.84. The molecule has 2 N–H and O–H groups in total. The minimum Gasteiger partial charge on any atom is -0.396 e. The topological polar surface area (TPSA) is 32.3 Å². The van der Waals surface area contributed by atoms with E-state index in [4.69, 9.17) is 5.11 Å². The van der Waals surface area contributed by atoms with Gasteiger partial charge in [0.25, 0.3) is 0 Å². The average molecular weight is 199 g/mol. The van der Waals surface area contributed by atoms with E-state index in [2.05, 4.69) is 12.2 Å². The van der Waals surface area contributed by atoms with E-state index >= 15 is 0 Å². The maximum atomic E-state index is 8.61. The molecule has 2 unspecified atom stereocenters. The summed E-state index contributed by atoms with van der Waals surface area (Å²) in [6, 6.07) is 0.794. The van der Waals surface area contributed by atoms with Gasteiger partial charge in [-0.3, -0.25) is 0 Å². The fraction of sp³-hybridized carbons (Fsp3) is 1.00. The Morgan fingerprint density at radius 1 is 1.14 bits per heavy atom. The zero-order chi connectivity index (χ0) is 10.2. The number of hydrogen-bond acceptors (Lipinski definition) is 2. The molecule has 0 aromatic heterocycles. The summed E-state index contributed by atoms with van der Waals surface area (Å²) in [6.45, 7) is 3.87. The predicted molar refractivity (Wildman–Crippen MR) is 60.4 cm³/mol. The van der Waals surface area contributed by atoms with Gasteiger partial charge in [-0.15, -0.1) is 0 Å². The minimum atomic E-state index is 0.355. The van der Waals surface area contributed by atoms with Gasteiger partial charge in [0, 0.05) is 12.6 Å². The fourth-order valence-electron chi connectivity index (χ4n) is 2.29. The summed E-state index contributed by atoms with van der Waals surface area (Å²) in [6.07, 6.45) is 8.83. The summed E-state index contributed by atoms with van der Waals surface area (Å²) in [5.74, 6) is 0.932. The predicted octanol–water partition coefficient (Wildman–Crippen LogP) is 2.32. The lowest BCUT2D eigenvalue weighted by Crippen LogP contribution is -2.27. The summed E-state index contributed by atoms with van der Waals surface area (Å²) in [4.78, 5) is 0. The lowest BCUT2D eigenvalue weighted by Gasteiger charge is -2.11. The highest BCUT2D eigenvalue weighted by molar-refractivity contribution is 4.77. The first kappa shape index (κ1) is 12.0. The molecule has 14 heavy (non-hydrogen) atoms. The number of hydrogen-bond donors (Lipinski definition) is 2. The van der Waals surface area contributed by atoms with Crippen LogP contribution in [0.1, 0.15) is 51.9 Å². The van der Waals surface area contributed by atoms with Gasteiger partial charge in [0.15, 0.2) is 0 Å². The Morgan fingerprint density at radius 2 is 1.93 bits per heavy atom. The summed E-state index contributed by atoms with van der Waals surface area (Å²) in [5.41, 5.74) is 0. The van der Waals surface area contributed by atoms with Gasteiger partial charge in [0.1, 0.15) is 0 Å². The molecule has 1 saturated carbocycles. The first-order chi connectivity index (χ1) is 6.83. The van der Waals surface area contributed by atoms with Gasteiger partial charge in [0.2, 0.25) is 0 Å². The Labute approximate surface area is 88.1 Å². The standard InChI is InChI=1S/C12H25NO/c1-11-6-7-12(10-11)13-8-4-2-3-5-9-14/h11-14H,2-10H2,1H3. The fourth-order valence-corrected chi connectivity index (χ4v) is 2.29. The monoisotopic (exact) mass is 199 g/mol. The molecular weight excluding hydrogens is 174 g/mol. The van der Waals surface area contributed by atoms with Crippen molar-refractivity contribution in [3.05, 3.63) is 0 Å². The maximum Gasteiger partial charge on any atom is 0.0431 e. The van der Waals surface area contributed by atoms with E-state index in [0.717, 1.165) is 18.4 Å². The van der Waals surface area contributed by atoms with Crippen molar-refractivity contribution in [2.75, 3.05) is 13.2 Å². The Hall–Kier alpha value is -0.0800. The van der Waals surface area contributed by atoms with E-state index in [1.54, 1.807) is 0 Å². The molecule has 0 heterocycles. The van der Waals surface area contributed by atoms with Crippen molar-refractivity contribution in [3.63, 3.8) is 0 Å². The highest BCUT2D eigenvalue weighted by Gasteiger charge is 2.19. The van der Waals surface area contributed by atoms with Crippen molar-refractivity contribution < 1.29 is 5.11 Å². The summed E-state index contributed by atoms with van der Waals surface area (Å²) in [7, 11) is 0. The van der Waals surface area contributed by atoms with Crippen LogP contribution in [0, 0.1) is 5.92 Å². The Morgan fingerprint density at radius 3 is 2.57 bits per heavy atom. The number of unbranched alkanes of at least 4 members (excludes halogenated alkanes) is 3. The largest absolute Gasteiger partial charge is 0.396 e. The van der Waals surface area contributed by atoms with Crippen LogP contribution < -0.4 is 5.32 Å². The van der Waals surface area contributed by atoms with Crippen LogP contribution in [0.2, 0.25) is 0 Å². The van der Waals surface area contributed by atoms with Crippen LogP contribution in [-0.2, 0) is 0 Å². The molecular formula is C12H25NO. The van der Waals surface area contributed by atoms with E-state index in [9.17, 15) is 0 Å². The molecule has 1 rings (SSSR count). The smallest absolute Gasteiger partial charge is 0.0431 e. The van der Waals surface area contributed by atoms with Crippen LogP contribution in [0.25, 0.3) is 0 Å². The molecule has 0 saturated heterocycles. The van der Waals surface area contributed by atoms with Crippen molar-refractivity contribution in [1.29, 1.82) is 0 Å². The third-order valence-corrected chi connectivity index (χ3v) is 3.21. The number of aliphatic hydroxyl groups excluding tert-OH is 1. The number of aliphatic hydroxyl groups is 1. The summed E-state index contributed by atoms with van der Waals surface area (Å²) < 4.78 is 0. The maximum absolute atomic E-state index is 8.61. The van der Waals surface area contributed by atoms with Crippen molar-refractivity contribution >= 4 is 0 Å². The van der Waals surface area contributed by atoms with Crippen LogP contribution in [0.15, 0.2) is 0 Å². The third-order valence-electron chi connectivity index (χ3n) is 3.21. The first-order valence-electron chi connectivity index (χ1n) is 6.17. The molecule has 2 nitrogen and oxygen atoms in total. The molecule has 1 aliphatic rings. The number of nitrogens with one attached hydrogen (secondary N) is 1. The van der Waals surface area contributed by atoms with Crippen molar-refractivity contribution in [2.45, 2.75) is 57.9 Å². The summed E-state index contributed by atoms with van der Waals surface area (Å²) >= 11 is 0. The SMILES string of the molecule is CC1CCC(NCCCCCCO)C1. The zero-order valence-corrected chi connectivity index (χ0v) is 9.47. The van der Waals surface area contributed by atoms with E-state index in [1.807, 2.05) is 0 Å². The van der Waals surface area contributed by atoms with Crippen molar-refractivity contribution in [3.8, 4) is 0 Å². The molecule has 1 fully saturated rings. The van der Waals surface area contributed by atoms with Crippen LogP contribution in [0.4, 0.5) is 0 Å². The van der Waals surface area contributed by atoms with E-state index in [0.29, 0.717) is 6.61 Å². The third kappa shape index (κ3) is 4.97. The van der Waals surface area contributed by atoms with Crippen LogP contribution in [0.5, 0.6) is 0 Å². The summed E-state index contributed by atoms with van der Waals surface area (Å²) in [5, 5.41) is 12.2. The molecule has 0 aromatic rings. The molecule has 0 bridgehead atoms. The molecule has 84 valence electrons. The van der Waals surface area contributed by atoms with Gasteiger partial charge in [-0.05, 0) is 44.6 Å². The quantitative estimate of drug-likeness (QED) is 0.617. The molecule has 0 aromatic carbocycles. The van der Waals surface area contributed by atoms with E-state index in [1.165, 1.54) is 45.1 Å². The highest BCUT2D eigenvalue weighted by atomic mass is 16.2. The molecule has 0 amide bonds. The van der Waals surface area contributed by atoms with Crippen molar-refractivity contribution in [1.82, 2.24) is 5.32 Å². The second kappa shape index (κ2) is 7.24. The normalized spacial score (nSPS) is 27.0. The lowest BCUT2D eigenvalue weighted by atomic mass is 10.1. The van der Waals surface area contributed by atoms with Gasteiger partial charge >= 0.3 is 0 Å². The van der Waals surface area contributed by atoms with Gasteiger partial charge in [0.05, 0.1) is 0 Å². The van der Waals surface area contributed by atoms with Gasteiger partial charge in [-0.2, -0.15) is 0 Å². The molecule has 0 radical (unpaired) electrons. The van der Waals surface area contributed by atoms with Crippen LogP contribution in [-0.4, -0.2) is 24.3 Å².